The molecule has 6 rings (SSSR count). The zero-order chi connectivity index (χ0) is 32.5. The molecule has 1 aromatic rings. The van der Waals surface area contributed by atoms with Crippen molar-refractivity contribution in [2.75, 3.05) is 36.9 Å². The summed E-state index contributed by atoms with van der Waals surface area (Å²) in [4.78, 5) is 58.1. The predicted octanol–water partition coefficient (Wildman–Crippen LogP) is 3.30. The van der Waals surface area contributed by atoms with Crippen LogP contribution in [0.1, 0.15) is 70.6 Å². The molecule has 2 aliphatic heterocycles. The monoisotopic (exact) mass is 655 g/mol. The Balaban J connectivity index is 1.18. The molecule has 3 N–H and O–H groups in total. The Bertz CT molecular complexity index is 1490. The van der Waals surface area contributed by atoms with Crippen LogP contribution >= 0.6 is 0 Å². The lowest BCUT2D eigenvalue weighted by molar-refractivity contribution is -0.140. The summed E-state index contributed by atoms with van der Waals surface area (Å²) >= 11 is 0. The van der Waals surface area contributed by atoms with Crippen LogP contribution in [0.2, 0.25) is 0 Å². The Morgan fingerprint density at radius 2 is 1.70 bits per heavy atom. The van der Waals surface area contributed by atoms with Gasteiger partial charge in [0.1, 0.15) is 11.6 Å². The predicted molar refractivity (Wildman–Crippen MR) is 172 cm³/mol. The minimum Gasteiger partial charge on any atom is -0.446 e. The van der Waals surface area contributed by atoms with E-state index in [-0.39, 0.29) is 31.1 Å². The van der Waals surface area contributed by atoms with Gasteiger partial charge in [-0.3, -0.25) is 24.4 Å². The van der Waals surface area contributed by atoms with Crippen molar-refractivity contribution in [3.05, 3.63) is 36.4 Å². The summed E-state index contributed by atoms with van der Waals surface area (Å²) in [5.41, 5.74) is 0.157. The third-order valence-electron chi connectivity index (χ3n) is 10.1. The van der Waals surface area contributed by atoms with Crippen LogP contribution in [0.4, 0.5) is 16.2 Å². The lowest BCUT2D eigenvalue weighted by Crippen LogP contribution is -2.54. The van der Waals surface area contributed by atoms with E-state index in [0.29, 0.717) is 25.1 Å². The third kappa shape index (κ3) is 7.03. The van der Waals surface area contributed by atoms with Crippen molar-refractivity contribution >= 4 is 45.2 Å². The van der Waals surface area contributed by atoms with Gasteiger partial charge in [-0.1, -0.05) is 24.3 Å². The number of nitrogens with zero attached hydrogens (tertiary/aromatic N) is 2. The number of sulfonamides is 1. The number of carbonyl (C=O) groups is 4. The quantitative estimate of drug-likeness (QED) is 0.395. The number of anilines is 2. The lowest BCUT2D eigenvalue weighted by Gasteiger charge is -2.30. The van der Waals surface area contributed by atoms with E-state index in [1.54, 1.807) is 11.9 Å². The molecule has 13 heteroatoms. The summed E-state index contributed by atoms with van der Waals surface area (Å²) < 4.78 is 33.3. The van der Waals surface area contributed by atoms with Crippen LogP contribution in [-0.2, 0) is 29.1 Å². The van der Waals surface area contributed by atoms with Crippen LogP contribution in [0.15, 0.2) is 36.4 Å². The number of amides is 4. The van der Waals surface area contributed by atoms with Crippen molar-refractivity contribution in [1.29, 1.82) is 0 Å². The van der Waals surface area contributed by atoms with Gasteiger partial charge in [0.2, 0.25) is 21.8 Å². The first-order chi connectivity index (χ1) is 22.1. The number of hydrogen-bond acceptors (Lipinski definition) is 8. The molecule has 5 unspecified atom stereocenters. The Labute approximate surface area is 270 Å². The van der Waals surface area contributed by atoms with Crippen LogP contribution in [0, 0.1) is 17.8 Å². The highest BCUT2D eigenvalue weighted by atomic mass is 32.2. The van der Waals surface area contributed by atoms with Crippen LogP contribution in [-0.4, -0.2) is 80.7 Å². The van der Waals surface area contributed by atoms with Gasteiger partial charge in [-0.25, -0.2) is 13.2 Å². The maximum absolute atomic E-state index is 13.9. The van der Waals surface area contributed by atoms with Crippen molar-refractivity contribution < 1.29 is 32.3 Å². The third-order valence-corrected chi connectivity index (χ3v) is 11.9. The second-order valence-corrected chi connectivity index (χ2v) is 15.5. The molecule has 1 saturated heterocycles. The minimum atomic E-state index is -3.82. The van der Waals surface area contributed by atoms with Crippen molar-refractivity contribution in [3.63, 3.8) is 0 Å². The molecular weight excluding hydrogens is 610 g/mol. The molecule has 5 aliphatic rings. The Hall–Kier alpha value is -3.61. The van der Waals surface area contributed by atoms with Gasteiger partial charge < -0.3 is 19.9 Å². The molecule has 0 bridgehead atoms. The second kappa shape index (κ2) is 13.2. The van der Waals surface area contributed by atoms with Crippen LogP contribution in [0.25, 0.3) is 0 Å². The number of hydrogen-bond donors (Lipinski definition) is 3. The Morgan fingerprint density at radius 3 is 2.46 bits per heavy atom. The second-order valence-electron chi connectivity index (χ2n) is 13.5. The Morgan fingerprint density at radius 1 is 0.978 bits per heavy atom. The average molecular weight is 656 g/mol. The number of allylic oxidation sites excluding steroid dienone is 1. The van der Waals surface area contributed by atoms with E-state index in [2.05, 4.69) is 20.3 Å². The van der Waals surface area contributed by atoms with Gasteiger partial charge >= 0.3 is 6.09 Å². The van der Waals surface area contributed by atoms with Crippen molar-refractivity contribution in [2.45, 2.75) is 87.5 Å². The molecule has 3 aliphatic carbocycles. The van der Waals surface area contributed by atoms with Gasteiger partial charge in [-0.15, -0.1) is 0 Å². The molecule has 0 aromatic heterocycles. The average Bonchev–Trinajstić information content (AvgIpc) is 3.96. The normalized spacial score (nSPS) is 31.1. The molecule has 4 amide bonds. The molecule has 5 atom stereocenters. The summed E-state index contributed by atoms with van der Waals surface area (Å²) in [6.07, 6.45) is 9.73. The number of carbonyl (C=O) groups excluding carboxylic acids is 4. The molecule has 0 spiro atoms. The molecule has 0 radical (unpaired) electrons. The fourth-order valence-electron chi connectivity index (χ4n) is 7.17. The lowest BCUT2D eigenvalue weighted by atomic mass is 9.93. The van der Waals surface area contributed by atoms with E-state index >= 15 is 0 Å². The molecule has 12 nitrogen and oxygen atoms in total. The summed E-state index contributed by atoms with van der Waals surface area (Å²) in [5, 5.41) is 5.16. The zero-order valence-corrected chi connectivity index (χ0v) is 27.2. The summed E-state index contributed by atoms with van der Waals surface area (Å²) in [7, 11) is -2.11. The molecule has 1 aromatic carbocycles. The molecule has 4 fully saturated rings. The summed E-state index contributed by atoms with van der Waals surface area (Å²) in [6, 6.07) is 7.59. The number of nitrogens with one attached hydrogen (secondary N) is 3. The van der Waals surface area contributed by atoms with Crippen LogP contribution in [0.5, 0.6) is 0 Å². The number of ether oxygens (including phenoxy) is 1. The molecular formula is C33H45N5O7S. The minimum absolute atomic E-state index is 0.107. The smallest absolute Gasteiger partial charge is 0.411 e. The van der Waals surface area contributed by atoms with Crippen LogP contribution in [0.3, 0.4) is 0 Å². The van der Waals surface area contributed by atoms with E-state index in [0.717, 1.165) is 50.9 Å². The number of fused-ring (bicyclic) bond motifs is 2. The van der Waals surface area contributed by atoms with Gasteiger partial charge in [0.05, 0.1) is 28.5 Å². The molecule has 2 heterocycles. The first-order valence-corrected chi connectivity index (χ1v) is 18.2. The highest BCUT2D eigenvalue weighted by Gasteiger charge is 2.62. The van der Waals surface area contributed by atoms with Gasteiger partial charge in [0.25, 0.3) is 5.91 Å². The zero-order valence-electron chi connectivity index (χ0n) is 26.4. The van der Waals surface area contributed by atoms with Gasteiger partial charge in [-0.2, -0.15) is 0 Å². The molecule has 3 saturated carbocycles. The number of piperidine rings is 1. The van der Waals surface area contributed by atoms with Crippen molar-refractivity contribution in [2.24, 2.45) is 17.8 Å². The SMILES string of the molecule is CN1CCCC/C=C\C2CC2(C(=O)NS(=O)(=O)C2CC2)NC(=O)C2CC(OC(=O)Nc3ccccc3N3CCCCC3)CC2C1=O. The van der Waals surface area contributed by atoms with E-state index < -0.39 is 56.7 Å². The van der Waals surface area contributed by atoms with E-state index in [4.69, 9.17) is 4.74 Å². The van der Waals surface area contributed by atoms with E-state index in [1.807, 2.05) is 36.4 Å². The van der Waals surface area contributed by atoms with Crippen molar-refractivity contribution in [3.8, 4) is 0 Å². The van der Waals surface area contributed by atoms with Gasteiger partial charge in [0.15, 0.2) is 0 Å². The van der Waals surface area contributed by atoms with E-state index in [1.165, 1.54) is 6.42 Å². The largest absolute Gasteiger partial charge is 0.446 e. The molecule has 46 heavy (non-hydrogen) atoms. The summed E-state index contributed by atoms with van der Waals surface area (Å²) in [5.74, 6) is -3.44. The topological polar surface area (TPSA) is 154 Å². The fraction of sp³-hybridized carbons (Fsp3) is 0.636. The first-order valence-electron chi connectivity index (χ1n) is 16.7. The number of benzene rings is 1. The Kier molecular flexibility index (Phi) is 9.31. The van der Waals surface area contributed by atoms with Gasteiger partial charge in [0, 0.05) is 32.6 Å². The number of rotatable bonds is 6. The maximum atomic E-state index is 13.9. The fourth-order valence-corrected chi connectivity index (χ4v) is 8.54. The standard InChI is InChI=1S/C33H45N5O7S/c1-37-16-8-3-2-5-11-22-21-33(22,31(41)36-46(43,44)24-14-15-24)35-29(39)25-19-23(20-26(25)30(37)40)45-32(42)34-27-12-6-7-13-28(27)38-17-9-4-10-18-38/h5-7,11-13,22-26H,2-4,8-10,14-21H2,1H3,(H,34,42)(H,35,39)(H,36,41)/b11-5-. The van der Waals surface area contributed by atoms with Gasteiger partial charge in [-0.05, 0) is 82.8 Å². The van der Waals surface area contributed by atoms with Crippen molar-refractivity contribution in [1.82, 2.24) is 14.9 Å². The van der Waals surface area contributed by atoms with Crippen LogP contribution < -0.4 is 20.3 Å². The maximum Gasteiger partial charge on any atom is 0.411 e. The molecule has 250 valence electrons. The first kappa shape index (κ1) is 32.3. The number of para-hydroxylation sites is 2. The highest BCUT2D eigenvalue weighted by molar-refractivity contribution is 7.91. The highest BCUT2D eigenvalue weighted by Crippen LogP contribution is 2.47. The van der Waals surface area contributed by atoms with E-state index in [9.17, 15) is 27.6 Å². The summed E-state index contributed by atoms with van der Waals surface area (Å²) in [6.45, 7) is 2.35.